The maximum Gasteiger partial charge on any atom is 0.457 e. The molecular weight excluding hydrogens is 159 g/mol. The van der Waals surface area contributed by atoms with Crippen molar-refractivity contribution >= 4 is 12.4 Å². The van der Waals surface area contributed by atoms with E-state index < -0.39 is 6.30 Å². The van der Waals surface area contributed by atoms with Gasteiger partial charge >= 0.3 is 6.30 Å². The van der Waals surface area contributed by atoms with Crippen molar-refractivity contribution in [1.82, 2.24) is 5.32 Å². The van der Waals surface area contributed by atoms with E-state index >= 15 is 0 Å². The zero-order valence-corrected chi connectivity index (χ0v) is 5.94. The van der Waals surface area contributed by atoms with Crippen LogP contribution in [0.3, 0.4) is 0 Å². The Morgan fingerprint density at radius 3 is 2.45 bits per heavy atom. The van der Waals surface area contributed by atoms with Crippen LogP contribution in [0.5, 0.6) is 0 Å². The van der Waals surface area contributed by atoms with Gasteiger partial charge in [-0.1, -0.05) is 0 Å². The van der Waals surface area contributed by atoms with Gasteiger partial charge in [0.25, 0.3) is 0 Å². The fourth-order valence-corrected chi connectivity index (χ4v) is 0.384. The van der Waals surface area contributed by atoms with Gasteiger partial charge in [0, 0.05) is 13.3 Å². The zero-order valence-electron chi connectivity index (χ0n) is 5.94. The van der Waals surface area contributed by atoms with Gasteiger partial charge < -0.3 is 0 Å². The highest BCUT2D eigenvalue weighted by Crippen LogP contribution is 2.08. The molecule has 0 spiro atoms. The summed E-state index contributed by atoms with van der Waals surface area (Å²) in [6, 6.07) is 0. The molecule has 0 amide bonds. The quantitative estimate of drug-likeness (QED) is 0.382. The van der Waals surface area contributed by atoms with Crippen LogP contribution in [-0.2, 0) is 0 Å². The molecule has 0 radical (unpaired) electrons. The summed E-state index contributed by atoms with van der Waals surface area (Å²) >= 11 is 0. The predicted molar refractivity (Wildman–Crippen MR) is 36.7 cm³/mol. The Balaban J connectivity index is 3.71. The molecule has 0 aromatic rings. The van der Waals surface area contributed by atoms with Gasteiger partial charge in [-0.25, -0.2) is 5.32 Å². The van der Waals surface area contributed by atoms with Crippen molar-refractivity contribution in [2.24, 2.45) is 10.2 Å². The molecule has 0 unspecified atom stereocenters. The van der Waals surface area contributed by atoms with E-state index in [1.54, 1.807) is 0 Å². The monoisotopic (exact) mass is 167 g/mol. The molecule has 0 rings (SSSR count). The Labute approximate surface area is 62.0 Å². The Morgan fingerprint density at radius 2 is 2.09 bits per heavy atom. The summed E-state index contributed by atoms with van der Waals surface area (Å²) in [5.74, 6) is 0. The van der Waals surface area contributed by atoms with Crippen LogP contribution >= 0.6 is 0 Å². The molecule has 0 aliphatic heterocycles. The highest BCUT2D eigenvalue weighted by atomic mass is 19.4. The molecule has 11 heavy (non-hydrogen) atoms. The van der Waals surface area contributed by atoms with E-state index in [0.717, 1.165) is 0 Å². The van der Waals surface area contributed by atoms with E-state index in [-0.39, 0.29) is 12.3 Å². The van der Waals surface area contributed by atoms with Crippen LogP contribution in [0.4, 0.5) is 13.2 Å². The second-order valence-corrected chi connectivity index (χ2v) is 1.83. The molecule has 64 valence electrons. The topological polar surface area (TPSA) is 36.8 Å². The van der Waals surface area contributed by atoms with Crippen LogP contribution in [0, 0.1) is 0 Å². The minimum atomic E-state index is -4.36. The second-order valence-electron chi connectivity index (χ2n) is 1.83. The molecule has 0 aromatic heterocycles. The standard InChI is InChI=1S/C5H8F3N3/c1-4(11-9-2)3-10-5(6,7)8/h10H,2-3H2,1H3/b11-4-. The first kappa shape index (κ1) is 10.1. The second kappa shape index (κ2) is 4.07. The molecule has 0 bridgehead atoms. The molecule has 0 aromatic carbocycles. The van der Waals surface area contributed by atoms with Gasteiger partial charge in [-0.2, -0.15) is 23.4 Å². The lowest BCUT2D eigenvalue weighted by Crippen LogP contribution is -2.35. The lowest BCUT2D eigenvalue weighted by atomic mass is 10.4. The summed E-state index contributed by atoms with van der Waals surface area (Å²) in [6.45, 7) is 4.06. The van der Waals surface area contributed by atoms with Gasteiger partial charge in [-0.3, -0.25) is 0 Å². The van der Waals surface area contributed by atoms with Gasteiger partial charge in [-0.05, 0) is 6.92 Å². The van der Waals surface area contributed by atoms with Crippen LogP contribution in [-0.4, -0.2) is 25.3 Å². The van der Waals surface area contributed by atoms with Crippen molar-refractivity contribution in [3.8, 4) is 0 Å². The highest BCUT2D eigenvalue weighted by molar-refractivity contribution is 5.83. The summed E-state index contributed by atoms with van der Waals surface area (Å²) in [7, 11) is 0. The molecule has 0 saturated carbocycles. The van der Waals surface area contributed by atoms with E-state index in [0.29, 0.717) is 0 Å². The lowest BCUT2D eigenvalue weighted by molar-refractivity contribution is -0.153. The molecule has 0 atom stereocenters. The fraction of sp³-hybridized carbons (Fsp3) is 0.600. The van der Waals surface area contributed by atoms with Crippen molar-refractivity contribution in [3.63, 3.8) is 0 Å². The number of nitrogens with one attached hydrogen (secondary N) is 1. The summed E-state index contributed by atoms with van der Waals surface area (Å²) in [5.41, 5.74) is 0.234. The molecule has 0 fully saturated rings. The maximum atomic E-state index is 11.4. The number of alkyl halides is 3. The highest BCUT2D eigenvalue weighted by Gasteiger charge is 2.25. The first-order valence-corrected chi connectivity index (χ1v) is 2.76. The van der Waals surface area contributed by atoms with Crippen LogP contribution in [0.2, 0.25) is 0 Å². The summed E-state index contributed by atoms with van der Waals surface area (Å²) in [6.07, 6.45) is -4.36. The maximum absolute atomic E-state index is 11.4. The number of nitrogens with zero attached hydrogens (tertiary/aromatic N) is 2. The average Bonchev–Trinajstić information content (AvgIpc) is 1.83. The Kier molecular flexibility index (Phi) is 3.73. The third kappa shape index (κ3) is 6.98. The summed E-state index contributed by atoms with van der Waals surface area (Å²) in [4.78, 5) is 0. The van der Waals surface area contributed by atoms with Crippen LogP contribution in [0.15, 0.2) is 10.2 Å². The van der Waals surface area contributed by atoms with E-state index in [1.807, 2.05) is 0 Å². The molecule has 0 heterocycles. The number of rotatable bonds is 3. The minimum absolute atomic E-state index is 0.234. The van der Waals surface area contributed by atoms with Crippen molar-refractivity contribution < 1.29 is 13.2 Å². The largest absolute Gasteiger partial charge is 0.457 e. The number of hydrogen-bond donors (Lipinski definition) is 1. The number of hydrogen-bond acceptors (Lipinski definition) is 3. The molecule has 3 nitrogen and oxygen atoms in total. The smallest absolute Gasteiger partial charge is 0.222 e. The molecular formula is C5H8F3N3. The molecule has 0 aliphatic rings. The average molecular weight is 167 g/mol. The van der Waals surface area contributed by atoms with Crippen LogP contribution < -0.4 is 5.32 Å². The summed E-state index contributed by atoms with van der Waals surface area (Å²) in [5, 5.41) is 7.65. The van der Waals surface area contributed by atoms with Gasteiger partial charge in [0.15, 0.2) is 0 Å². The van der Waals surface area contributed by atoms with Gasteiger partial charge in [0.05, 0.1) is 5.71 Å². The lowest BCUT2D eigenvalue weighted by Gasteiger charge is -2.06. The first-order chi connectivity index (χ1) is 4.95. The zero-order chi connectivity index (χ0) is 8.91. The molecule has 6 heteroatoms. The number of halogens is 3. The van der Waals surface area contributed by atoms with Gasteiger partial charge in [0.1, 0.15) is 0 Å². The van der Waals surface area contributed by atoms with Crippen molar-refractivity contribution in [1.29, 1.82) is 0 Å². The molecule has 0 aliphatic carbocycles. The SMILES string of the molecule is C=N/N=C(/C)CNC(F)(F)F. The normalized spacial score (nSPS) is 13.3. The Bertz CT molecular complexity index is 161. The van der Waals surface area contributed by atoms with Gasteiger partial charge in [-0.15, -0.1) is 0 Å². The first-order valence-electron chi connectivity index (χ1n) is 2.76. The van der Waals surface area contributed by atoms with Crippen molar-refractivity contribution in [2.45, 2.75) is 13.2 Å². The third-order valence-corrected chi connectivity index (χ3v) is 0.786. The van der Waals surface area contributed by atoms with E-state index in [2.05, 4.69) is 16.9 Å². The molecule has 1 N–H and O–H groups in total. The van der Waals surface area contributed by atoms with E-state index in [1.165, 1.54) is 12.2 Å². The Hall–Kier alpha value is -0.910. The van der Waals surface area contributed by atoms with Crippen molar-refractivity contribution in [3.05, 3.63) is 0 Å². The minimum Gasteiger partial charge on any atom is -0.222 e. The van der Waals surface area contributed by atoms with Gasteiger partial charge in [0.2, 0.25) is 0 Å². The Morgan fingerprint density at radius 1 is 1.55 bits per heavy atom. The van der Waals surface area contributed by atoms with Crippen LogP contribution in [0.1, 0.15) is 6.92 Å². The van der Waals surface area contributed by atoms with E-state index in [4.69, 9.17) is 0 Å². The third-order valence-electron chi connectivity index (χ3n) is 0.786. The molecule has 0 saturated heterocycles. The van der Waals surface area contributed by atoms with Crippen molar-refractivity contribution in [2.75, 3.05) is 6.54 Å². The van der Waals surface area contributed by atoms with E-state index in [9.17, 15) is 13.2 Å². The predicted octanol–water partition coefficient (Wildman–Crippen LogP) is 1.17. The fourth-order valence-electron chi connectivity index (χ4n) is 0.384. The van der Waals surface area contributed by atoms with Crippen LogP contribution in [0.25, 0.3) is 0 Å². The summed E-state index contributed by atoms with van der Waals surface area (Å²) < 4.78 is 34.3.